The van der Waals surface area contributed by atoms with Gasteiger partial charge in [0, 0.05) is 19.3 Å². The van der Waals surface area contributed by atoms with Crippen LogP contribution in [0, 0.1) is 0 Å². The Morgan fingerprint density at radius 3 is 2.89 bits per heavy atom. The summed E-state index contributed by atoms with van der Waals surface area (Å²) in [6.45, 7) is 4.10. The van der Waals surface area contributed by atoms with Crippen LogP contribution in [-0.2, 0) is 4.79 Å². The van der Waals surface area contributed by atoms with Crippen LogP contribution in [0.3, 0.4) is 0 Å². The predicted molar refractivity (Wildman–Crippen MR) is 75.6 cm³/mol. The number of amides is 1. The number of likely N-dealkylation sites (tertiary alicyclic amines) is 1. The molecule has 1 aliphatic heterocycles. The maximum Gasteiger partial charge on any atom is 0.240 e. The molecule has 1 N–H and O–H groups in total. The fraction of sp³-hybridized carbons (Fsp3) is 0.800. The normalized spacial score (nSPS) is 28.9. The molecule has 1 amide bonds. The van der Waals surface area contributed by atoms with Crippen molar-refractivity contribution in [3.63, 3.8) is 0 Å². The molecule has 2 aliphatic rings. The Labute approximate surface area is 116 Å². The van der Waals surface area contributed by atoms with E-state index in [1.165, 1.54) is 12.1 Å². The maximum absolute atomic E-state index is 12.3. The zero-order valence-corrected chi connectivity index (χ0v) is 12.2. The highest BCUT2D eigenvalue weighted by atomic mass is 16.3. The van der Waals surface area contributed by atoms with Crippen LogP contribution in [0.15, 0.2) is 11.8 Å². The van der Waals surface area contributed by atoms with E-state index in [1.807, 2.05) is 18.9 Å². The number of carbonyl (C=O) groups excluding carboxylic acids is 1. The number of hydrogen-bond donors (Lipinski definition) is 1. The van der Waals surface area contributed by atoms with Crippen LogP contribution in [0.2, 0.25) is 0 Å². The molecular weight excluding hydrogens is 240 g/mol. The van der Waals surface area contributed by atoms with E-state index in [2.05, 4.69) is 11.0 Å². The molecule has 0 spiro atoms. The van der Waals surface area contributed by atoms with Crippen molar-refractivity contribution in [2.24, 2.45) is 0 Å². The minimum absolute atomic E-state index is 0.176. The summed E-state index contributed by atoms with van der Waals surface area (Å²) in [6.07, 6.45) is 8.01. The van der Waals surface area contributed by atoms with Gasteiger partial charge in [-0.05, 0) is 52.0 Å². The number of allylic oxidation sites excluding steroid dienone is 2. The van der Waals surface area contributed by atoms with Crippen LogP contribution in [0.1, 0.15) is 45.4 Å². The van der Waals surface area contributed by atoms with E-state index in [9.17, 15) is 9.90 Å². The molecule has 0 aromatic heterocycles. The molecule has 1 aliphatic carbocycles. The largest absolute Gasteiger partial charge is 0.390 e. The lowest BCUT2D eigenvalue weighted by Crippen LogP contribution is -2.38. The molecule has 19 heavy (non-hydrogen) atoms. The standard InChI is InChI=1S/C15H26N2O2/c1-15(19)8-5-10-17(11-9-15)12-14(18)16(2)13-6-3-4-7-13/h6,19H,3-5,7-12H2,1-2H3. The Balaban J connectivity index is 1.85. The van der Waals surface area contributed by atoms with Gasteiger partial charge < -0.3 is 10.0 Å². The number of nitrogens with zero attached hydrogens (tertiary/aromatic N) is 2. The molecule has 1 heterocycles. The van der Waals surface area contributed by atoms with Crippen molar-refractivity contribution < 1.29 is 9.90 Å². The lowest BCUT2D eigenvalue weighted by molar-refractivity contribution is -0.129. The third kappa shape index (κ3) is 4.05. The first-order valence-corrected chi connectivity index (χ1v) is 7.38. The highest BCUT2D eigenvalue weighted by Gasteiger charge is 2.26. The lowest BCUT2D eigenvalue weighted by Gasteiger charge is -2.25. The Bertz CT molecular complexity index is 363. The third-order valence-electron chi connectivity index (χ3n) is 4.34. The Morgan fingerprint density at radius 1 is 1.42 bits per heavy atom. The quantitative estimate of drug-likeness (QED) is 0.846. The average molecular weight is 266 g/mol. The van der Waals surface area contributed by atoms with Crippen LogP contribution in [0.4, 0.5) is 0 Å². The fourth-order valence-corrected chi connectivity index (χ4v) is 2.89. The first kappa shape index (κ1) is 14.5. The smallest absolute Gasteiger partial charge is 0.240 e. The summed E-state index contributed by atoms with van der Waals surface area (Å²) in [5.41, 5.74) is 0.615. The van der Waals surface area contributed by atoms with Crippen molar-refractivity contribution in [2.45, 2.75) is 51.0 Å². The predicted octanol–water partition coefficient (Wildman–Crippen LogP) is 1.75. The van der Waals surface area contributed by atoms with Gasteiger partial charge in [-0.3, -0.25) is 9.69 Å². The second-order valence-corrected chi connectivity index (χ2v) is 6.17. The van der Waals surface area contributed by atoms with E-state index < -0.39 is 5.60 Å². The van der Waals surface area contributed by atoms with Crippen molar-refractivity contribution in [1.82, 2.24) is 9.80 Å². The van der Waals surface area contributed by atoms with Crippen LogP contribution in [-0.4, -0.2) is 53.1 Å². The van der Waals surface area contributed by atoms with Crippen molar-refractivity contribution in [1.29, 1.82) is 0 Å². The minimum atomic E-state index is -0.558. The van der Waals surface area contributed by atoms with Crippen molar-refractivity contribution in [3.05, 3.63) is 11.8 Å². The molecule has 1 unspecified atom stereocenters. The van der Waals surface area contributed by atoms with Crippen molar-refractivity contribution >= 4 is 5.91 Å². The molecule has 0 aromatic rings. The number of rotatable bonds is 3. The topological polar surface area (TPSA) is 43.8 Å². The van der Waals surface area contributed by atoms with Crippen LogP contribution in [0.25, 0.3) is 0 Å². The Kier molecular flexibility index (Phi) is 4.63. The lowest BCUT2D eigenvalue weighted by atomic mass is 9.98. The third-order valence-corrected chi connectivity index (χ3v) is 4.34. The molecule has 4 nitrogen and oxygen atoms in total. The first-order chi connectivity index (χ1) is 8.98. The summed E-state index contributed by atoms with van der Waals surface area (Å²) in [4.78, 5) is 16.2. The maximum atomic E-state index is 12.3. The molecule has 0 radical (unpaired) electrons. The average Bonchev–Trinajstić information content (AvgIpc) is 2.82. The highest BCUT2D eigenvalue weighted by molar-refractivity contribution is 5.79. The molecule has 0 saturated carbocycles. The number of likely N-dealkylation sites (N-methyl/N-ethyl adjacent to an activating group) is 1. The number of carbonyl (C=O) groups is 1. The summed E-state index contributed by atoms with van der Waals surface area (Å²) in [5, 5.41) is 10.1. The summed E-state index contributed by atoms with van der Waals surface area (Å²) < 4.78 is 0. The van der Waals surface area contributed by atoms with E-state index in [-0.39, 0.29) is 5.91 Å². The molecule has 1 saturated heterocycles. The first-order valence-electron chi connectivity index (χ1n) is 7.38. The Morgan fingerprint density at radius 2 is 2.21 bits per heavy atom. The number of hydrogen-bond acceptors (Lipinski definition) is 3. The zero-order chi connectivity index (χ0) is 13.9. The summed E-state index contributed by atoms with van der Waals surface area (Å²) in [6, 6.07) is 0. The van der Waals surface area contributed by atoms with E-state index in [0.29, 0.717) is 6.54 Å². The molecule has 108 valence electrons. The highest BCUT2D eigenvalue weighted by Crippen LogP contribution is 2.23. The molecule has 0 bridgehead atoms. The molecule has 0 aromatic carbocycles. The summed E-state index contributed by atoms with van der Waals surface area (Å²) >= 11 is 0. The molecule has 2 rings (SSSR count). The Hall–Kier alpha value is -0.870. The van der Waals surface area contributed by atoms with Crippen molar-refractivity contribution in [2.75, 3.05) is 26.7 Å². The van der Waals surface area contributed by atoms with E-state index in [1.54, 1.807) is 0 Å². The van der Waals surface area contributed by atoms with Gasteiger partial charge in [-0.1, -0.05) is 6.08 Å². The monoisotopic (exact) mass is 266 g/mol. The van der Waals surface area contributed by atoms with Gasteiger partial charge in [0.25, 0.3) is 0 Å². The number of aliphatic hydroxyl groups is 1. The molecule has 1 atom stereocenters. The van der Waals surface area contributed by atoms with Crippen LogP contribution >= 0.6 is 0 Å². The fourth-order valence-electron chi connectivity index (χ4n) is 2.89. The van der Waals surface area contributed by atoms with Gasteiger partial charge >= 0.3 is 0 Å². The summed E-state index contributed by atoms with van der Waals surface area (Å²) in [5.74, 6) is 0.176. The zero-order valence-electron chi connectivity index (χ0n) is 12.2. The van der Waals surface area contributed by atoms with E-state index in [0.717, 1.165) is 45.2 Å². The van der Waals surface area contributed by atoms with Gasteiger partial charge in [0.15, 0.2) is 0 Å². The second-order valence-electron chi connectivity index (χ2n) is 6.17. The van der Waals surface area contributed by atoms with Gasteiger partial charge in [-0.25, -0.2) is 0 Å². The minimum Gasteiger partial charge on any atom is -0.390 e. The van der Waals surface area contributed by atoms with Crippen LogP contribution in [0.5, 0.6) is 0 Å². The van der Waals surface area contributed by atoms with Crippen molar-refractivity contribution in [3.8, 4) is 0 Å². The molecule has 4 heteroatoms. The van der Waals surface area contributed by atoms with E-state index in [4.69, 9.17) is 0 Å². The SMILES string of the molecule is CN(C(=O)CN1CCCC(C)(O)CC1)C1=CCCC1. The van der Waals surface area contributed by atoms with E-state index >= 15 is 0 Å². The van der Waals surface area contributed by atoms with Gasteiger partial charge in [-0.15, -0.1) is 0 Å². The van der Waals surface area contributed by atoms with Gasteiger partial charge in [-0.2, -0.15) is 0 Å². The summed E-state index contributed by atoms with van der Waals surface area (Å²) in [7, 11) is 1.88. The van der Waals surface area contributed by atoms with Gasteiger partial charge in [0.05, 0.1) is 12.1 Å². The van der Waals surface area contributed by atoms with Gasteiger partial charge in [0.2, 0.25) is 5.91 Å². The molecule has 1 fully saturated rings. The second kappa shape index (κ2) is 6.06. The van der Waals surface area contributed by atoms with Crippen LogP contribution < -0.4 is 0 Å². The molecular formula is C15H26N2O2. The van der Waals surface area contributed by atoms with Gasteiger partial charge in [0.1, 0.15) is 0 Å².